The first kappa shape index (κ1) is 18.6. The van der Waals surface area contributed by atoms with Gasteiger partial charge in [0, 0.05) is 35.6 Å². The third-order valence-corrected chi connectivity index (χ3v) is 5.27. The number of fused-ring (bicyclic) bond motifs is 1. The average molecular weight is 389 g/mol. The Bertz CT molecular complexity index is 965. The molecule has 0 atom stereocenters. The van der Waals surface area contributed by atoms with Crippen LogP contribution in [-0.4, -0.2) is 40.0 Å². The highest BCUT2D eigenvalue weighted by molar-refractivity contribution is 7.99. The van der Waals surface area contributed by atoms with Gasteiger partial charge in [0.05, 0.1) is 11.4 Å². The Labute approximate surface area is 159 Å². The van der Waals surface area contributed by atoms with Crippen molar-refractivity contribution in [3.05, 3.63) is 63.5 Å². The first-order chi connectivity index (χ1) is 12.5. The van der Waals surface area contributed by atoms with Crippen LogP contribution in [0.25, 0.3) is 4.96 Å². The summed E-state index contributed by atoms with van der Waals surface area (Å²) >= 11 is 2.86. The number of nitrogens with one attached hydrogen (secondary N) is 1. The summed E-state index contributed by atoms with van der Waals surface area (Å²) in [5.74, 6) is 0.770. The van der Waals surface area contributed by atoms with Crippen LogP contribution in [0.4, 0.5) is 5.69 Å². The monoisotopic (exact) mass is 388 g/mol. The molecule has 0 saturated heterocycles. The molecule has 2 heterocycles. The quantitative estimate of drug-likeness (QED) is 0.674. The molecule has 0 bridgehead atoms. The lowest BCUT2D eigenvalue weighted by Crippen LogP contribution is -2.16. The summed E-state index contributed by atoms with van der Waals surface area (Å²) in [5, 5.41) is 4.75. The summed E-state index contributed by atoms with van der Waals surface area (Å²) in [5.41, 5.74) is 2.55. The highest BCUT2D eigenvalue weighted by Gasteiger charge is 2.07. The number of nitrogens with zero attached hydrogens (tertiary/aromatic N) is 3. The molecule has 1 N–H and O–H groups in total. The van der Waals surface area contributed by atoms with E-state index < -0.39 is 0 Å². The van der Waals surface area contributed by atoms with Gasteiger partial charge < -0.3 is 10.2 Å². The van der Waals surface area contributed by atoms with Gasteiger partial charge in [-0.2, -0.15) is 0 Å². The molecule has 2 aromatic heterocycles. The normalized spacial score (nSPS) is 11.2. The maximum absolute atomic E-state index is 12.1. The van der Waals surface area contributed by atoms with Gasteiger partial charge in [0.15, 0.2) is 4.96 Å². The molecule has 8 heteroatoms. The number of carbonyl (C=O) groups is 1. The number of hydrogen-bond donors (Lipinski definition) is 1. The zero-order chi connectivity index (χ0) is 18.5. The number of amides is 1. The van der Waals surface area contributed by atoms with Crippen LogP contribution in [0.15, 0.2) is 46.7 Å². The van der Waals surface area contributed by atoms with E-state index in [1.165, 1.54) is 33.6 Å². The van der Waals surface area contributed by atoms with E-state index in [0.29, 0.717) is 22.2 Å². The van der Waals surface area contributed by atoms with Gasteiger partial charge in [0.25, 0.3) is 5.56 Å². The predicted octanol–water partition coefficient (Wildman–Crippen LogP) is 2.69. The smallest absolute Gasteiger partial charge is 0.258 e. The highest BCUT2D eigenvalue weighted by atomic mass is 32.2. The fraction of sp³-hybridized carbons (Fsp3) is 0.278. The Kier molecular flexibility index (Phi) is 6.08. The number of benzene rings is 1. The van der Waals surface area contributed by atoms with Crippen molar-refractivity contribution in [2.75, 3.05) is 25.2 Å². The van der Waals surface area contributed by atoms with Crippen LogP contribution in [0.3, 0.4) is 0 Å². The van der Waals surface area contributed by atoms with Crippen LogP contribution in [0.1, 0.15) is 11.3 Å². The summed E-state index contributed by atoms with van der Waals surface area (Å²) in [6, 6.07) is 9.37. The molecular weight excluding hydrogens is 368 g/mol. The first-order valence-electron chi connectivity index (χ1n) is 8.08. The molecule has 0 aliphatic heterocycles. The molecule has 6 nitrogen and oxygen atoms in total. The number of thiazole rings is 1. The molecule has 3 aromatic rings. The van der Waals surface area contributed by atoms with Gasteiger partial charge in [-0.1, -0.05) is 12.1 Å². The molecule has 0 aliphatic carbocycles. The maximum atomic E-state index is 12.1. The SMILES string of the molecule is CN(C)Cc1cccc(NC(=O)CSCc2cc(=O)n3ccsc3n2)c1. The van der Waals surface area contributed by atoms with Crippen molar-refractivity contribution in [2.45, 2.75) is 12.3 Å². The Hall–Kier alpha value is -2.16. The van der Waals surface area contributed by atoms with Crippen molar-refractivity contribution in [1.82, 2.24) is 14.3 Å². The van der Waals surface area contributed by atoms with Crippen LogP contribution in [0, 0.1) is 0 Å². The lowest BCUT2D eigenvalue weighted by atomic mass is 10.2. The first-order valence-corrected chi connectivity index (χ1v) is 10.1. The van der Waals surface area contributed by atoms with E-state index in [2.05, 4.69) is 15.2 Å². The highest BCUT2D eigenvalue weighted by Crippen LogP contribution is 2.15. The van der Waals surface area contributed by atoms with Crippen molar-refractivity contribution in [2.24, 2.45) is 0 Å². The van der Waals surface area contributed by atoms with Crippen LogP contribution in [0.2, 0.25) is 0 Å². The number of anilines is 1. The Morgan fingerprint density at radius 2 is 2.19 bits per heavy atom. The van der Waals surface area contributed by atoms with E-state index in [9.17, 15) is 9.59 Å². The van der Waals surface area contributed by atoms with Gasteiger partial charge in [-0.3, -0.25) is 14.0 Å². The number of carbonyl (C=O) groups excluding carboxylic acids is 1. The minimum Gasteiger partial charge on any atom is -0.325 e. The third-order valence-electron chi connectivity index (χ3n) is 3.55. The second-order valence-electron chi connectivity index (χ2n) is 6.12. The molecule has 3 rings (SSSR count). The molecule has 26 heavy (non-hydrogen) atoms. The largest absolute Gasteiger partial charge is 0.325 e. The second-order valence-corrected chi connectivity index (χ2v) is 7.98. The van der Waals surface area contributed by atoms with Gasteiger partial charge in [0.2, 0.25) is 5.91 Å². The van der Waals surface area contributed by atoms with E-state index >= 15 is 0 Å². The molecule has 0 unspecified atom stereocenters. The van der Waals surface area contributed by atoms with Gasteiger partial charge in [-0.15, -0.1) is 23.1 Å². The summed E-state index contributed by atoms with van der Waals surface area (Å²) in [7, 11) is 4.02. The topological polar surface area (TPSA) is 66.7 Å². The lowest BCUT2D eigenvalue weighted by molar-refractivity contribution is -0.113. The maximum Gasteiger partial charge on any atom is 0.258 e. The summed E-state index contributed by atoms with van der Waals surface area (Å²) in [6.07, 6.45) is 1.71. The summed E-state index contributed by atoms with van der Waals surface area (Å²) in [6.45, 7) is 0.824. The molecule has 0 spiro atoms. The Balaban J connectivity index is 1.53. The molecule has 0 radical (unpaired) electrons. The Morgan fingerprint density at radius 3 is 3.00 bits per heavy atom. The molecular formula is C18H20N4O2S2. The van der Waals surface area contributed by atoms with Crippen molar-refractivity contribution in [1.29, 1.82) is 0 Å². The second kappa shape index (κ2) is 8.48. The van der Waals surface area contributed by atoms with Crippen LogP contribution < -0.4 is 10.9 Å². The predicted molar refractivity (Wildman–Crippen MR) is 108 cm³/mol. The molecule has 1 amide bonds. The van der Waals surface area contributed by atoms with E-state index in [0.717, 1.165) is 17.8 Å². The zero-order valence-corrected chi connectivity index (χ0v) is 16.3. The number of hydrogen-bond acceptors (Lipinski definition) is 6. The summed E-state index contributed by atoms with van der Waals surface area (Å²) < 4.78 is 1.52. The van der Waals surface area contributed by atoms with Gasteiger partial charge in [-0.25, -0.2) is 4.98 Å². The molecule has 0 saturated carbocycles. The number of rotatable bonds is 7. The zero-order valence-electron chi connectivity index (χ0n) is 14.6. The van der Waals surface area contributed by atoms with E-state index in [1.54, 1.807) is 6.20 Å². The van der Waals surface area contributed by atoms with Gasteiger partial charge in [-0.05, 0) is 31.8 Å². The van der Waals surface area contributed by atoms with Gasteiger partial charge in [0.1, 0.15) is 0 Å². The van der Waals surface area contributed by atoms with Gasteiger partial charge >= 0.3 is 0 Å². The van der Waals surface area contributed by atoms with Crippen LogP contribution >= 0.6 is 23.1 Å². The lowest BCUT2D eigenvalue weighted by Gasteiger charge is -2.11. The third kappa shape index (κ3) is 4.94. The number of aromatic nitrogens is 2. The molecule has 0 aliphatic rings. The fourth-order valence-electron chi connectivity index (χ4n) is 2.52. The van der Waals surface area contributed by atoms with Crippen molar-refractivity contribution >= 4 is 39.7 Å². The fourth-order valence-corrected chi connectivity index (χ4v) is 3.98. The van der Waals surface area contributed by atoms with E-state index in [4.69, 9.17) is 0 Å². The molecule has 0 fully saturated rings. The van der Waals surface area contributed by atoms with E-state index in [1.807, 2.05) is 43.7 Å². The van der Waals surface area contributed by atoms with Crippen molar-refractivity contribution in [3.8, 4) is 0 Å². The minimum absolute atomic E-state index is 0.0640. The van der Waals surface area contributed by atoms with Crippen LogP contribution in [0.5, 0.6) is 0 Å². The molecule has 136 valence electrons. The molecule has 1 aromatic carbocycles. The number of thioether (sulfide) groups is 1. The Morgan fingerprint density at radius 1 is 1.35 bits per heavy atom. The van der Waals surface area contributed by atoms with Crippen molar-refractivity contribution < 1.29 is 4.79 Å². The minimum atomic E-state index is -0.0889. The standard InChI is InChI=1S/C18H20N4O2S2/c1-21(2)10-13-4-3-5-14(8-13)19-16(23)12-25-11-15-9-17(24)22-6-7-26-18(22)20-15/h3-9H,10-12H2,1-2H3,(H,19,23). The summed E-state index contributed by atoms with van der Waals surface area (Å²) in [4.78, 5) is 31.3. The van der Waals surface area contributed by atoms with Crippen molar-refractivity contribution in [3.63, 3.8) is 0 Å². The van der Waals surface area contributed by atoms with E-state index in [-0.39, 0.29) is 11.5 Å². The van der Waals surface area contributed by atoms with Crippen LogP contribution in [-0.2, 0) is 17.1 Å². The average Bonchev–Trinajstić information content (AvgIpc) is 3.03.